The number of ether oxygens (including phenoxy) is 2. The van der Waals surface area contributed by atoms with Crippen LogP contribution in [0.5, 0.6) is 5.75 Å². The van der Waals surface area contributed by atoms with Crippen LogP contribution < -0.4 is 4.74 Å². The van der Waals surface area contributed by atoms with Crippen LogP contribution in [-0.2, 0) is 14.3 Å². The molecule has 1 aliphatic rings. The number of hydrogen-bond donors (Lipinski definition) is 0. The minimum atomic E-state index is -1.18. The number of carbonyl (C=O) groups excluding carboxylic acids is 3. The lowest BCUT2D eigenvalue weighted by molar-refractivity contribution is -0.160. The Hall–Kier alpha value is -2.47. The van der Waals surface area contributed by atoms with Crippen LogP contribution in [0.1, 0.15) is 42.1 Å². The summed E-state index contributed by atoms with van der Waals surface area (Å²) in [6, 6.07) is 14.1. The van der Waals surface area contributed by atoms with Crippen LogP contribution in [0, 0.1) is 11.8 Å². The van der Waals surface area contributed by atoms with E-state index in [2.05, 4.69) is 15.9 Å². The summed E-state index contributed by atoms with van der Waals surface area (Å²) >= 11 is 3.43. The number of carbonyl (C=O) groups is 3. The van der Waals surface area contributed by atoms with Crippen LogP contribution in [0.4, 0.5) is 0 Å². The van der Waals surface area contributed by atoms with E-state index in [9.17, 15) is 14.4 Å². The van der Waals surface area contributed by atoms with Crippen LogP contribution in [0.2, 0.25) is 0 Å². The predicted octanol–water partition coefficient (Wildman–Crippen LogP) is 4.54. The van der Waals surface area contributed by atoms with Crippen LogP contribution in [-0.4, -0.2) is 24.3 Å². The monoisotopic (exact) mass is 444 g/mol. The molecule has 0 bridgehead atoms. The van der Waals surface area contributed by atoms with Gasteiger partial charge in [-0.25, -0.2) is 0 Å². The van der Waals surface area contributed by atoms with Gasteiger partial charge in [-0.15, -0.1) is 0 Å². The lowest BCUT2D eigenvalue weighted by Crippen LogP contribution is -2.43. The Kier molecular flexibility index (Phi) is 6.29. The molecule has 0 unspecified atom stereocenters. The van der Waals surface area contributed by atoms with Gasteiger partial charge >= 0.3 is 11.9 Å². The number of esters is 2. The minimum absolute atomic E-state index is 0.108. The van der Waals surface area contributed by atoms with E-state index in [0.717, 1.165) is 4.47 Å². The molecule has 1 aliphatic heterocycles. The number of hydrogen-bond acceptors (Lipinski definition) is 5. The Balaban J connectivity index is 2.13. The zero-order chi connectivity index (χ0) is 20.3. The fourth-order valence-electron chi connectivity index (χ4n) is 3.71. The summed E-state index contributed by atoms with van der Waals surface area (Å²) in [5.74, 6) is -3.50. The van der Waals surface area contributed by atoms with Gasteiger partial charge in [-0.2, -0.15) is 0 Å². The topological polar surface area (TPSA) is 69.7 Å². The van der Waals surface area contributed by atoms with Crippen LogP contribution in [0.15, 0.2) is 53.0 Å². The van der Waals surface area contributed by atoms with Gasteiger partial charge in [0.15, 0.2) is 11.7 Å². The van der Waals surface area contributed by atoms with E-state index in [4.69, 9.17) is 9.47 Å². The van der Waals surface area contributed by atoms with Crippen LogP contribution >= 0.6 is 15.9 Å². The lowest BCUT2D eigenvalue weighted by Gasteiger charge is -2.35. The molecule has 0 amide bonds. The molecule has 0 aromatic heterocycles. The summed E-state index contributed by atoms with van der Waals surface area (Å²) in [5, 5.41) is 0. The molecule has 0 fully saturated rings. The highest BCUT2D eigenvalue weighted by Gasteiger charge is 2.48. The van der Waals surface area contributed by atoms with Crippen molar-refractivity contribution >= 4 is 33.7 Å². The highest BCUT2D eigenvalue weighted by Crippen LogP contribution is 2.45. The third-order valence-corrected chi connectivity index (χ3v) is 5.46. The highest BCUT2D eigenvalue weighted by molar-refractivity contribution is 9.10. The average Bonchev–Trinajstić information content (AvgIpc) is 2.69. The molecule has 28 heavy (non-hydrogen) atoms. The molecule has 5 nitrogen and oxygen atoms in total. The average molecular weight is 445 g/mol. The zero-order valence-electron chi connectivity index (χ0n) is 15.7. The first kappa shape index (κ1) is 20.3. The van der Waals surface area contributed by atoms with Gasteiger partial charge in [0.05, 0.1) is 6.61 Å². The SMILES string of the molecule is CCOC(=O)[C@H]1C(=O)Oc2ccc(Br)cc2[C@@H]1[C@@H](CC)C(=O)c1ccccc1. The molecule has 0 saturated heterocycles. The summed E-state index contributed by atoms with van der Waals surface area (Å²) in [7, 11) is 0. The van der Waals surface area contributed by atoms with Crippen molar-refractivity contribution in [3.63, 3.8) is 0 Å². The van der Waals surface area contributed by atoms with E-state index in [1.54, 1.807) is 49.4 Å². The van der Waals surface area contributed by atoms with Gasteiger partial charge in [-0.1, -0.05) is 53.2 Å². The van der Waals surface area contributed by atoms with Crippen molar-refractivity contribution < 1.29 is 23.9 Å². The summed E-state index contributed by atoms with van der Waals surface area (Å²) in [6.45, 7) is 3.70. The molecule has 0 aliphatic carbocycles. The zero-order valence-corrected chi connectivity index (χ0v) is 17.3. The number of halogens is 1. The fraction of sp³-hybridized carbons (Fsp3) is 0.318. The van der Waals surface area contributed by atoms with Crippen molar-refractivity contribution in [2.45, 2.75) is 26.2 Å². The number of benzene rings is 2. The van der Waals surface area contributed by atoms with Gasteiger partial charge in [0.2, 0.25) is 0 Å². The van der Waals surface area contributed by atoms with Gasteiger partial charge in [0.25, 0.3) is 0 Å². The molecule has 6 heteroatoms. The summed E-state index contributed by atoms with van der Waals surface area (Å²) in [5.41, 5.74) is 1.20. The molecule has 2 aromatic carbocycles. The molecular formula is C22H21BrO5. The Morgan fingerprint density at radius 3 is 2.50 bits per heavy atom. The maximum atomic E-state index is 13.3. The Labute approximate surface area is 172 Å². The molecule has 1 heterocycles. The molecule has 0 radical (unpaired) electrons. The maximum absolute atomic E-state index is 13.3. The Bertz CT molecular complexity index is 893. The van der Waals surface area contributed by atoms with E-state index in [-0.39, 0.29) is 12.4 Å². The highest BCUT2D eigenvalue weighted by atomic mass is 79.9. The van der Waals surface area contributed by atoms with E-state index in [1.165, 1.54) is 0 Å². The van der Waals surface area contributed by atoms with Crippen molar-refractivity contribution in [1.29, 1.82) is 0 Å². The van der Waals surface area contributed by atoms with Gasteiger partial charge in [0, 0.05) is 27.4 Å². The van der Waals surface area contributed by atoms with Crippen molar-refractivity contribution in [2.24, 2.45) is 11.8 Å². The summed E-state index contributed by atoms with van der Waals surface area (Å²) < 4.78 is 11.3. The lowest BCUT2D eigenvalue weighted by atomic mass is 9.71. The molecule has 3 atom stereocenters. The fourth-order valence-corrected chi connectivity index (χ4v) is 4.09. The predicted molar refractivity (Wildman–Crippen MR) is 107 cm³/mol. The second-order valence-electron chi connectivity index (χ2n) is 6.60. The van der Waals surface area contributed by atoms with Gasteiger partial charge < -0.3 is 9.47 Å². The summed E-state index contributed by atoms with van der Waals surface area (Å²) in [4.78, 5) is 38.6. The Morgan fingerprint density at radius 2 is 1.86 bits per heavy atom. The number of rotatable bonds is 6. The van der Waals surface area contributed by atoms with Gasteiger partial charge in [-0.3, -0.25) is 14.4 Å². The number of Topliss-reactive ketones (excluding diaryl/α,β-unsaturated/α-hetero) is 1. The van der Waals surface area contributed by atoms with Gasteiger partial charge in [-0.05, 0) is 31.5 Å². The quantitative estimate of drug-likeness (QED) is 0.283. The molecule has 0 saturated carbocycles. The Morgan fingerprint density at radius 1 is 1.14 bits per heavy atom. The van der Waals surface area contributed by atoms with E-state index in [0.29, 0.717) is 23.3 Å². The van der Waals surface area contributed by atoms with Crippen molar-refractivity contribution in [3.05, 3.63) is 64.1 Å². The second kappa shape index (κ2) is 8.69. The molecule has 146 valence electrons. The first-order chi connectivity index (χ1) is 13.5. The first-order valence-corrected chi connectivity index (χ1v) is 10.0. The number of fused-ring (bicyclic) bond motifs is 1. The third-order valence-electron chi connectivity index (χ3n) is 4.96. The molecule has 0 spiro atoms. The largest absolute Gasteiger partial charge is 0.465 e. The van der Waals surface area contributed by atoms with Crippen LogP contribution in [0.25, 0.3) is 0 Å². The molecule has 3 rings (SSSR count). The van der Waals surface area contributed by atoms with Crippen molar-refractivity contribution in [2.75, 3.05) is 6.61 Å². The maximum Gasteiger partial charge on any atom is 0.326 e. The summed E-state index contributed by atoms with van der Waals surface area (Å²) in [6.07, 6.45) is 0.466. The third kappa shape index (κ3) is 3.87. The van der Waals surface area contributed by atoms with E-state index >= 15 is 0 Å². The smallest absolute Gasteiger partial charge is 0.326 e. The molecule has 0 N–H and O–H groups in total. The van der Waals surface area contributed by atoms with Crippen molar-refractivity contribution in [1.82, 2.24) is 0 Å². The van der Waals surface area contributed by atoms with Crippen LogP contribution in [0.3, 0.4) is 0 Å². The molecular weight excluding hydrogens is 424 g/mol. The first-order valence-electron chi connectivity index (χ1n) is 9.24. The normalized spacial score (nSPS) is 19.3. The van der Waals surface area contributed by atoms with Gasteiger partial charge in [0.1, 0.15) is 5.75 Å². The van der Waals surface area contributed by atoms with Crippen molar-refractivity contribution in [3.8, 4) is 5.75 Å². The second-order valence-corrected chi connectivity index (χ2v) is 7.52. The standard InChI is InChI=1S/C22H21BrO5/c1-3-15(20(24)13-8-6-5-7-9-13)18-16-12-14(23)10-11-17(16)28-22(26)19(18)21(25)27-4-2/h5-12,15,18-19H,3-4H2,1-2H3/t15-,18+,19+/m1/s1. The van der Waals surface area contributed by atoms with E-state index in [1.807, 2.05) is 13.0 Å². The number of ketones is 1. The minimum Gasteiger partial charge on any atom is -0.465 e. The van der Waals surface area contributed by atoms with E-state index < -0.39 is 29.7 Å². The molecule has 2 aromatic rings.